The highest BCUT2D eigenvalue weighted by atomic mass is 16.5. The van der Waals surface area contributed by atoms with Gasteiger partial charge in [-0.2, -0.15) is 0 Å². The lowest BCUT2D eigenvalue weighted by atomic mass is 9.78. The van der Waals surface area contributed by atoms with Crippen LogP contribution in [0.25, 0.3) is 0 Å². The Hall–Kier alpha value is -4.49. The third-order valence-electron chi connectivity index (χ3n) is 10.7. The van der Waals surface area contributed by atoms with E-state index in [0.717, 1.165) is 19.3 Å². The minimum Gasteiger partial charge on any atom is -0.449 e. The predicted octanol–water partition coefficient (Wildman–Crippen LogP) is 2.57. The van der Waals surface area contributed by atoms with Crippen molar-refractivity contribution in [3.63, 3.8) is 0 Å². The van der Waals surface area contributed by atoms with E-state index in [9.17, 15) is 33.6 Å². The van der Waals surface area contributed by atoms with Crippen LogP contribution in [0.15, 0.2) is 30.3 Å². The van der Waals surface area contributed by atoms with Crippen LogP contribution in [0.1, 0.15) is 85.3 Å². The number of amides is 6. The van der Waals surface area contributed by atoms with Gasteiger partial charge in [-0.1, -0.05) is 78.3 Å². The minimum atomic E-state index is -1.19. The van der Waals surface area contributed by atoms with Crippen LogP contribution in [-0.4, -0.2) is 103 Å². The van der Waals surface area contributed by atoms with Gasteiger partial charge in [0.05, 0.1) is 19.2 Å². The Morgan fingerprint density at radius 2 is 1.60 bits per heavy atom. The molecule has 4 rings (SSSR count). The van der Waals surface area contributed by atoms with Crippen molar-refractivity contribution < 1.29 is 38.3 Å². The van der Waals surface area contributed by atoms with E-state index in [1.165, 1.54) is 4.90 Å². The Labute approximate surface area is 312 Å². The normalized spacial score (nSPS) is 23.3. The zero-order valence-corrected chi connectivity index (χ0v) is 32.4. The van der Waals surface area contributed by atoms with E-state index in [1.807, 2.05) is 41.5 Å². The fourth-order valence-corrected chi connectivity index (χ4v) is 8.15. The maximum Gasteiger partial charge on any atom is 0.407 e. The van der Waals surface area contributed by atoms with E-state index in [2.05, 4.69) is 21.3 Å². The van der Waals surface area contributed by atoms with E-state index in [0.29, 0.717) is 24.4 Å². The number of ketones is 1. The molecule has 1 aliphatic heterocycles. The van der Waals surface area contributed by atoms with Crippen LogP contribution >= 0.6 is 0 Å². The number of likely N-dealkylation sites (tertiary alicyclic amines) is 1. The monoisotopic (exact) mass is 738 g/mol. The standard InChI is InChI=1S/C39H58N6O8/c1-9-13-27(32(47)35(49)40-19-28(46)42-30(36(50)44(7)8)23-14-11-10-12-15-23)41-34(48)31-29-25-17-16-24(18-25)26(29)20-45(31)37(51)33(39(4,5)6)43-38(52)53-21-22(2)3/h10-12,14-15,22,24-27,29-31,33H,9,13,16-21H2,1-8H3,(H,40,49)(H,41,48)(H,42,46)(H,43,52)/t24-,25-,26-,27+,29+,30?,31+,33-/m1/s1. The minimum absolute atomic E-state index is 0.106. The second kappa shape index (κ2) is 17.6. The molecule has 292 valence electrons. The molecule has 8 atom stereocenters. The fourth-order valence-electron chi connectivity index (χ4n) is 8.15. The number of benzene rings is 1. The molecule has 1 aromatic rings. The molecule has 4 N–H and O–H groups in total. The van der Waals surface area contributed by atoms with Gasteiger partial charge in [0.1, 0.15) is 18.1 Å². The van der Waals surface area contributed by atoms with Crippen LogP contribution in [0.5, 0.6) is 0 Å². The molecule has 2 bridgehead atoms. The average Bonchev–Trinajstić information content (AvgIpc) is 3.83. The SMILES string of the molecule is CCC[C@H](NC(=O)[C@@H]1[C@H]2[C@@H]3CC[C@H](C3)[C@H]2CN1C(=O)[C@@H](NC(=O)OCC(C)C)C(C)(C)C)C(=O)C(=O)NCC(=O)NC(C(=O)N(C)C)c1ccccc1. The van der Waals surface area contributed by atoms with Crippen LogP contribution in [0.4, 0.5) is 4.79 Å². The van der Waals surface area contributed by atoms with Crippen molar-refractivity contribution >= 4 is 41.4 Å². The summed E-state index contributed by atoms with van der Waals surface area (Å²) in [4.78, 5) is 96.8. The molecule has 0 radical (unpaired) electrons. The molecule has 1 heterocycles. The van der Waals surface area contributed by atoms with Crippen molar-refractivity contribution in [3.8, 4) is 0 Å². The molecule has 6 amide bonds. The lowest BCUT2D eigenvalue weighted by Crippen LogP contribution is -2.60. The number of fused-ring (bicyclic) bond motifs is 5. The van der Waals surface area contributed by atoms with Gasteiger partial charge in [-0.05, 0) is 66.3 Å². The number of carbonyl (C=O) groups excluding carboxylic acids is 7. The second-order valence-corrected chi connectivity index (χ2v) is 16.5. The van der Waals surface area contributed by atoms with Crippen LogP contribution in [-0.2, 0) is 33.5 Å². The zero-order chi connectivity index (χ0) is 39.2. The van der Waals surface area contributed by atoms with Gasteiger partial charge in [-0.25, -0.2) is 4.79 Å². The summed E-state index contributed by atoms with van der Waals surface area (Å²) in [5.41, 5.74) is -0.155. The van der Waals surface area contributed by atoms with E-state index < -0.39 is 71.6 Å². The highest BCUT2D eigenvalue weighted by molar-refractivity contribution is 6.38. The molecule has 1 unspecified atom stereocenters. The molecule has 14 nitrogen and oxygen atoms in total. The first-order chi connectivity index (χ1) is 24.9. The summed E-state index contributed by atoms with van der Waals surface area (Å²) >= 11 is 0. The number of carbonyl (C=O) groups is 7. The number of hydrogen-bond acceptors (Lipinski definition) is 8. The molecular weight excluding hydrogens is 680 g/mol. The van der Waals surface area contributed by atoms with Crippen molar-refractivity contribution in [2.24, 2.45) is 35.0 Å². The van der Waals surface area contributed by atoms with Gasteiger partial charge in [0.2, 0.25) is 29.4 Å². The summed E-state index contributed by atoms with van der Waals surface area (Å²) in [6, 6.07) is 4.61. The van der Waals surface area contributed by atoms with Crippen LogP contribution < -0.4 is 21.3 Å². The van der Waals surface area contributed by atoms with E-state index in [1.54, 1.807) is 49.3 Å². The first kappa shape index (κ1) is 41.3. The highest BCUT2D eigenvalue weighted by Crippen LogP contribution is 2.57. The molecule has 3 fully saturated rings. The lowest BCUT2D eigenvalue weighted by molar-refractivity contribution is -0.145. The van der Waals surface area contributed by atoms with Gasteiger partial charge in [0.25, 0.3) is 5.91 Å². The summed E-state index contributed by atoms with van der Waals surface area (Å²) in [6.45, 7) is 11.1. The molecule has 14 heteroatoms. The zero-order valence-electron chi connectivity index (χ0n) is 32.4. The van der Waals surface area contributed by atoms with Crippen LogP contribution in [0, 0.1) is 35.0 Å². The van der Waals surface area contributed by atoms with Gasteiger partial charge in [-0.3, -0.25) is 28.8 Å². The quantitative estimate of drug-likeness (QED) is 0.198. The molecule has 2 saturated carbocycles. The number of ether oxygens (including phenoxy) is 1. The molecule has 2 aliphatic carbocycles. The number of alkyl carbamates (subject to hydrolysis) is 1. The van der Waals surface area contributed by atoms with Crippen molar-refractivity contribution in [3.05, 3.63) is 35.9 Å². The average molecular weight is 739 g/mol. The van der Waals surface area contributed by atoms with Gasteiger partial charge < -0.3 is 35.8 Å². The summed E-state index contributed by atoms with van der Waals surface area (Å²) in [6.07, 6.45) is 2.88. The molecular formula is C39H58N6O8. The van der Waals surface area contributed by atoms with E-state index in [4.69, 9.17) is 4.74 Å². The summed E-state index contributed by atoms with van der Waals surface area (Å²) < 4.78 is 5.34. The van der Waals surface area contributed by atoms with Gasteiger partial charge >= 0.3 is 6.09 Å². The number of rotatable bonds is 15. The Morgan fingerprint density at radius 1 is 0.943 bits per heavy atom. The van der Waals surface area contributed by atoms with Gasteiger partial charge in [0.15, 0.2) is 0 Å². The Bertz CT molecular complexity index is 1530. The maximum atomic E-state index is 14.4. The third-order valence-corrected chi connectivity index (χ3v) is 10.7. The Kier molecular flexibility index (Phi) is 13.7. The number of hydrogen-bond donors (Lipinski definition) is 4. The first-order valence-corrected chi connectivity index (χ1v) is 18.9. The summed E-state index contributed by atoms with van der Waals surface area (Å²) in [7, 11) is 3.13. The van der Waals surface area contributed by atoms with E-state index in [-0.39, 0.29) is 42.6 Å². The van der Waals surface area contributed by atoms with E-state index >= 15 is 0 Å². The molecule has 53 heavy (non-hydrogen) atoms. The molecule has 0 aromatic heterocycles. The van der Waals surface area contributed by atoms with Gasteiger partial charge in [-0.15, -0.1) is 0 Å². The predicted molar refractivity (Wildman–Crippen MR) is 197 cm³/mol. The largest absolute Gasteiger partial charge is 0.449 e. The van der Waals surface area contributed by atoms with Crippen molar-refractivity contribution in [1.82, 2.24) is 31.1 Å². The van der Waals surface area contributed by atoms with Crippen molar-refractivity contribution in [2.45, 2.75) is 97.8 Å². The van der Waals surface area contributed by atoms with Crippen molar-refractivity contribution in [2.75, 3.05) is 33.8 Å². The summed E-state index contributed by atoms with van der Waals surface area (Å²) in [5, 5.41) is 10.5. The topological polar surface area (TPSA) is 183 Å². The lowest BCUT2D eigenvalue weighted by Gasteiger charge is -2.37. The van der Waals surface area contributed by atoms with Crippen molar-refractivity contribution in [1.29, 1.82) is 0 Å². The maximum absolute atomic E-state index is 14.4. The molecule has 1 aromatic carbocycles. The smallest absolute Gasteiger partial charge is 0.407 e. The second-order valence-electron chi connectivity index (χ2n) is 16.5. The van der Waals surface area contributed by atoms with Crippen LogP contribution in [0.3, 0.4) is 0 Å². The molecule has 3 aliphatic rings. The van der Waals surface area contributed by atoms with Crippen LogP contribution in [0.2, 0.25) is 0 Å². The summed E-state index contributed by atoms with van der Waals surface area (Å²) in [5.74, 6) is -3.18. The fraction of sp³-hybridized carbons (Fsp3) is 0.667. The molecule has 1 saturated heterocycles. The third kappa shape index (κ3) is 9.94. The highest BCUT2D eigenvalue weighted by Gasteiger charge is 2.60. The van der Waals surface area contributed by atoms with Gasteiger partial charge in [0, 0.05) is 20.6 Å². The number of nitrogens with one attached hydrogen (secondary N) is 4. The Balaban J connectivity index is 1.47. The number of nitrogens with zero attached hydrogens (tertiary/aromatic N) is 2. The number of Topliss-reactive ketones (excluding diaryl/α,β-unsaturated/α-hetero) is 1. The first-order valence-electron chi connectivity index (χ1n) is 18.9. The Morgan fingerprint density at radius 3 is 2.21 bits per heavy atom. The molecule has 0 spiro atoms. The number of likely N-dealkylation sites (N-methyl/N-ethyl adjacent to an activating group) is 1.